The number of hydrogen-bond acceptors (Lipinski definition) is 5. The number of ether oxygens (including phenoxy) is 1. The van der Waals surface area contributed by atoms with Crippen LogP contribution in [0.5, 0.6) is 0 Å². The average Bonchev–Trinajstić information content (AvgIpc) is 2.96. The summed E-state index contributed by atoms with van der Waals surface area (Å²) >= 11 is 0. The molecule has 25 heavy (non-hydrogen) atoms. The molecule has 1 aromatic carbocycles. The maximum atomic E-state index is 13.0. The van der Waals surface area contributed by atoms with E-state index in [9.17, 15) is 18.0 Å². The Morgan fingerprint density at radius 3 is 2.52 bits per heavy atom. The van der Waals surface area contributed by atoms with Crippen LogP contribution in [-0.2, 0) is 19.4 Å². The van der Waals surface area contributed by atoms with Gasteiger partial charge in [-0.05, 0) is 32.4 Å². The van der Waals surface area contributed by atoms with E-state index in [4.69, 9.17) is 9.84 Å². The Labute approximate surface area is 147 Å². The molecule has 1 aliphatic heterocycles. The van der Waals surface area contributed by atoms with Crippen LogP contribution in [0.15, 0.2) is 29.2 Å². The zero-order chi connectivity index (χ0) is 18.8. The number of rotatable bonds is 6. The maximum absolute atomic E-state index is 13.0. The highest BCUT2D eigenvalue weighted by Gasteiger charge is 2.38. The monoisotopic (exact) mass is 369 g/mol. The summed E-state index contributed by atoms with van der Waals surface area (Å²) < 4.78 is 30.4. The molecular weight excluding hydrogens is 346 g/mol. The zero-order valence-electron chi connectivity index (χ0n) is 14.5. The minimum Gasteiger partial charge on any atom is -0.481 e. The quantitative estimate of drug-likeness (QED) is 0.817. The van der Waals surface area contributed by atoms with Gasteiger partial charge < -0.3 is 14.7 Å². The number of aliphatic carboxylic acids is 1. The van der Waals surface area contributed by atoms with Crippen molar-refractivity contribution in [1.29, 1.82) is 0 Å². The van der Waals surface area contributed by atoms with Crippen LogP contribution >= 0.6 is 0 Å². The Kier molecular flexibility index (Phi) is 5.84. The summed E-state index contributed by atoms with van der Waals surface area (Å²) in [5.41, 5.74) is 0.0725. The number of carbonyl (C=O) groups is 2. The van der Waals surface area contributed by atoms with Crippen LogP contribution in [0.1, 0.15) is 37.0 Å². The Morgan fingerprint density at radius 2 is 1.96 bits per heavy atom. The van der Waals surface area contributed by atoms with Crippen molar-refractivity contribution >= 4 is 21.7 Å². The van der Waals surface area contributed by atoms with Gasteiger partial charge in [0.25, 0.3) is 5.91 Å². The van der Waals surface area contributed by atoms with Crippen molar-refractivity contribution < 1.29 is 27.9 Å². The SMILES string of the molecule is COC1CC(CC(=O)O)N(C(=O)c2ccccc2S(=O)(=O)C(C)C)C1. The van der Waals surface area contributed by atoms with Crippen molar-refractivity contribution in [2.45, 2.75) is 49.0 Å². The second-order valence-electron chi connectivity index (χ2n) is 6.39. The predicted molar refractivity (Wildman–Crippen MR) is 91.3 cm³/mol. The zero-order valence-corrected chi connectivity index (χ0v) is 15.3. The first-order valence-corrected chi connectivity index (χ1v) is 9.61. The Balaban J connectivity index is 2.42. The lowest BCUT2D eigenvalue weighted by atomic mass is 10.1. The molecule has 1 saturated heterocycles. The summed E-state index contributed by atoms with van der Waals surface area (Å²) in [6.45, 7) is 3.35. The van der Waals surface area contributed by atoms with E-state index in [1.807, 2.05) is 0 Å². The van der Waals surface area contributed by atoms with E-state index in [1.54, 1.807) is 26.0 Å². The Morgan fingerprint density at radius 1 is 1.32 bits per heavy atom. The van der Waals surface area contributed by atoms with Crippen molar-refractivity contribution in [3.63, 3.8) is 0 Å². The largest absolute Gasteiger partial charge is 0.481 e. The minimum atomic E-state index is -3.64. The van der Waals surface area contributed by atoms with Crippen LogP contribution in [0.3, 0.4) is 0 Å². The minimum absolute atomic E-state index is 0.0232. The smallest absolute Gasteiger partial charge is 0.305 e. The Bertz CT molecular complexity index is 758. The first-order chi connectivity index (χ1) is 11.7. The first kappa shape index (κ1) is 19.4. The molecule has 0 radical (unpaired) electrons. The van der Waals surface area contributed by atoms with Gasteiger partial charge in [0.1, 0.15) is 0 Å². The predicted octanol–water partition coefficient (Wildman–Crippen LogP) is 1.57. The first-order valence-electron chi connectivity index (χ1n) is 8.07. The molecule has 2 atom stereocenters. The Hall–Kier alpha value is -1.93. The molecule has 0 spiro atoms. The summed E-state index contributed by atoms with van der Waals surface area (Å²) in [5, 5.41) is 8.42. The van der Waals surface area contributed by atoms with E-state index in [2.05, 4.69) is 0 Å². The fourth-order valence-electron chi connectivity index (χ4n) is 2.99. The van der Waals surface area contributed by atoms with E-state index in [0.717, 1.165) is 0 Å². The van der Waals surface area contributed by atoms with Gasteiger partial charge in [-0.15, -0.1) is 0 Å². The van der Waals surface area contributed by atoms with Gasteiger partial charge in [0.15, 0.2) is 9.84 Å². The molecule has 0 saturated carbocycles. The van der Waals surface area contributed by atoms with Crippen LogP contribution in [-0.4, -0.2) is 61.4 Å². The van der Waals surface area contributed by atoms with Crippen molar-refractivity contribution in [2.24, 2.45) is 0 Å². The molecule has 138 valence electrons. The lowest BCUT2D eigenvalue weighted by molar-refractivity contribution is -0.138. The third-order valence-electron chi connectivity index (χ3n) is 4.43. The second kappa shape index (κ2) is 7.53. The number of carboxylic acid groups (broad SMARTS) is 1. The fourth-order valence-corrected chi connectivity index (χ4v) is 4.23. The van der Waals surface area contributed by atoms with Gasteiger partial charge in [0, 0.05) is 19.7 Å². The fraction of sp³-hybridized carbons (Fsp3) is 0.529. The number of hydrogen-bond donors (Lipinski definition) is 1. The van der Waals surface area contributed by atoms with E-state index < -0.39 is 33.0 Å². The van der Waals surface area contributed by atoms with E-state index in [1.165, 1.54) is 24.1 Å². The summed E-state index contributed by atoms with van der Waals surface area (Å²) in [6, 6.07) is 5.53. The molecule has 1 aliphatic rings. The maximum Gasteiger partial charge on any atom is 0.305 e. The van der Waals surface area contributed by atoms with Crippen LogP contribution < -0.4 is 0 Å². The van der Waals surface area contributed by atoms with Crippen LogP contribution in [0.4, 0.5) is 0 Å². The molecule has 1 heterocycles. The summed E-state index contributed by atoms with van der Waals surface area (Å²) in [4.78, 5) is 25.5. The molecule has 2 rings (SSSR count). The van der Waals surface area contributed by atoms with Gasteiger partial charge in [-0.2, -0.15) is 0 Å². The summed E-state index contributed by atoms with van der Waals surface area (Å²) in [5.74, 6) is -1.49. The second-order valence-corrected chi connectivity index (χ2v) is 8.87. The van der Waals surface area contributed by atoms with E-state index >= 15 is 0 Å². The highest BCUT2D eigenvalue weighted by atomic mass is 32.2. The van der Waals surface area contributed by atoms with Gasteiger partial charge in [0.05, 0.1) is 28.2 Å². The molecule has 1 fully saturated rings. The van der Waals surface area contributed by atoms with Gasteiger partial charge in [-0.3, -0.25) is 9.59 Å². The standard InChI is InChI=1S/C17H23NO6S/c1-11(2)25(22,23)15-7-5-4-6-14(15)17(21)18-10-13(24-3)8-12(18)9-16(19)20/h4-7,11-13H,8-10H2,1-3H3,(H,19,20). The number of sulfone groups is 1. The van der Waals surface area contributed by atoms with E-state index in [-0.39, 0.29) is 29.5 Å². The number of nitrogens with zero attached hydrogens (tertiary/aromatic N) is 1. The number of carbonyl (C=O) groups excluding carboxylic acids is 1. The number of amides is 1. The van der Waals surface area contributed by atoms with Gasteiger partial charge >= 0.3 is 5.97 Å². The summed E-state index contributed by atoms with van der Waals surface area (Å²) in [6.07, 6.45) is -0.0552. The highest BCUT2D eigenvalue weighted by Crippen LogP contribution is 2.28. The van der Waals surface area contributed by atoms with Gasteiger partial charge in [-0.1, -0.05) is 12.1 Å². The topological polar surface area (TPSA) is 101 Å². The third kappa shape index (κ3) is 4.01. The van der Waals surface area contributed by atoms with E-state index in [0.29, 0.717) is 6.42 Å². The van der Waals surface area contributed by atoms with Crippen molar-refractivity contribution in [2.75, 3.05) is 13.7 Å². The van der Waals surface area contributed by atoms with Crippen LogP contribution in [0.25, 0.3) is 0 Å². The molecule has 0 bridgehead atoms. The number of methoxy groups -OCH3 is 1. The average molecular weight is 369 g/mol. The van der Waals surface area contributed by atoms with Crippen LogP contribution in [0.2, 0.25) is 0 Å². The van der Waals surface area contributed by atoms with Gasteiger partial charge in [0.2, 0.25) is 0 Å². The summed E-state index contributed by atoms with van der Waals surface area (Å²) in [7, 11) is -2.13. The number of benzene rings is 1. The lowest BCUT2D eigenvalue weighted by Gasteiger charge is -2.24. The molecule has 8 heteroatoms. The lowest BCUT2D eigenvalue weighted by Crippen LogP contribution is -2.38. The van der Waals surface area contributed by atoms with Crippen molar-refractivity contribution in [3.8, 4) is 0 Å². The van der Waals surface area contributed by atoms with Crippen molar-refractivity contribution in [3.05, 3.63) is 29.8 Å². The molecule has 2 unspecified atom stereocenters. The number of carboxylic acids is 1. The molecule has 1 N–H and O–H groups in total. The van der Waals surface area contributed by atoms with Crippen molar-refractivity contribution in [1.82, 2.24) is 4.90 Å². The molecule has 0 aliphatic carbocycles. The molecule has 0 aromatic heterocycles. The molecule has 1 amide bonds. The van der Waals surface area contributed by atoms with Gasteiger partial charge in [-0.25, -0.2) is 8.42 Å². The van der Waals surface area contributed by atoms with Crippen LogP contribution in [0, 0.1) is 0 Å². The highest BCUT2D eigenvalue weighted by molar-refractivity contribution is 7.92. The number of likely N-dealkylation sites (tertiary alicyclic amines) is 1. The third-order valence-corrected chi connectivity index (χ3v) is 6.64. The molecule has 7 nitrogen and oxygen atoms in total. The normalized spacial score (nSPS) is 20.9. The molecular formula is C17H23NO6S. The molecule has 1 aromatic rings.